The molecule has 0 radical (unpaired) electrons. The molecule has 1 fully saturated rings. The molecule has 2 rings (SSSR count). The average Bonchev–Trinajstić information content (AvgIpc) is 2.66. The van der Waals surface area contributed by atoms with Gasteiger partial charge < -0.3 is 4.90 Å². The first-order valence-corrected chi connectivity index (χ1v) is 10.7. The highest BCUT2D eigenvalue weighted by Gasteiger charge is 2.32. The third kappa shape index (κ3) is 4.45. The van der Waals surface area contributed by atoms with Crippen LogP contribution in [0.3, 0.4) is 0 Å². The van der Waals surface area contributed by atoms with Gasteiger partial charge in [0.05, 0.1) is 10.9 Å². The molecule has 1 aliphatic heterocycles. The zero-order chi connectivity index (χ0) is 19.5. The number of sulfonamides is 1. The van der Waals surface area contributed by atoms with Gasteiger partial charge >= 0.3 is 0 Å². The summed E-state index contributed by atoms with van der Waals surface area (Å²) in [5.74, 6) is 0.466. The molecule has 0 aliphatic carbocycles. The predicted octanol–water partition coefficient (Wildman–Crippen LogP) is 1.98. The third-order valence-electron chi connectivity index (χ3n) is 5.32. The van der Waals surface area contributed by atoms with Crippen LogP contribution in [0.25, 0.3) is 0 Å². The van der Waals surface area contributed by atoms with Gasteiger partial charge in [-0.25, -0.2) is 8.42 Å². The number of carbonyl (C=O) groups is 1. The van der Waals surface area contributed by atoms with E-state index in [-0.39, 0.29) is 11.9 Å². The maximum atomic E-state index is 12.9. The van der Waals surface area contributed by atoms with Gasteiger partial charge in [0, 0.05) is 40.3 Å². The van der Waals surface area contributed by atoms with Crippen molar-refractivity contribution < 1.29 is 13.2 Å². The zero-order valence-corrected chi connectivity index (χ0v) is 17.3. The van der Waals surface area contributed by atoms with Crippen LogP contribution in [-0.4, -0.2) is 74.7 Å². The standard InChI is InChI=1S/C19H31N3O3S/c1-6-15(2)17-7-9-18(10-8-17)26(24,25)22-13-11-21(12-14-22)16(3)19(23)20(4)5/h7-10,15-16H,6,11-14H2,1-5H3/t15-,16-/m1/s1. The number of piperazine rings is 1. The average molecular weight is 382 g/mol. The Morgan fingerprint density at radius 1 is 1.08 bits per heavy atom. The van der Waals surface area contributed by atoms with Crippen LogP contribution in [0.5, 0.6) is 0 Å². The van der Waals surface area contributed by atoms with Crippen molar-refractivity contribution >= 4 is 15.9 Å². The molecule has 1 aromatic carbocycles. The van der Waals surface area contributed by atoms with Crippen LogP contribution in [0.2, 0.25) is 0 Å². The van der Waals surface area contributed by atoms with Gasteiger partial charge in [0.25, 0.3) is 0 Å². The number of hydrogen-bond donors (Lipinski definition) is 0. The molecule has 0 saturated carbocycles. The summed E-state index contributed by atoms with van der Waals surface area (Å²) in [5.41, 5.74) is 1.16. The summed E-state index contributed by atoms with van der Waals surface area (Å²) in [6.45, 7) is 8.06. The fourth-order valence-electron chi connectivity index (χ4n) is 3.21. The number of likely N-dealkylation sites (N-methyl/N-ethyl adjacent to an activating group) is 1. The van der Waals surface area contributed by atoms with Crippen molar-refractivity contribution in [3.63, 3.8) is 0 Å². The maximum Gasteiger partial charge on any atom is 0.243 e. The van der Waals surface area contributed by atoms with E-state index in [4.69, 9.17) is 0 Å². The quantitative estimate of drug-likeness (QED) is 0.756. The van der Waals surface area contributed by atoms with E-state index in [0.29, 0.717) is 37.0 Å². The van der Waals surface area contributed by atoms with Crippen molar-refractivity contribution in [1.82, 2.24) is 14.1 Å². The highest BCUT2D eigenvalue weighted by Crippen LogP contribution is 2.23. The van der Waals surface area contributed by atoms with Gasteiger partial charge in [-0.05, 0) is 37.0 Å². The van der Waals surface area contributed by atoms with Gasteiger partial charge in [-0.3, -0.25) is 9.69 Å². The van der Waals surface area contributed by atoms with Crippen LogP contribution < -0.4 is 0 Å². The van der Waals surface area contributed by atoms with E-state index in [1.165, 1.54) is 4.31 Å². The summed E-state index contributed by atoms with van der Waals surface area (Å²) in [6, 6.07) is 7.01. The highest BCUT2D eigenvalue weighted by molar-refractivity contribution is 7.89. The Labute approximate surface area is 157 Å². The lowest BCUT2D eigenvalue weighted by atomic mass is 9.99. The number of amides is 1. The topological polar surface area (TPSA) is 60.9 Å². The van der Waals surface area contributed by atoms with Crippen molar-refractivity contribution in [3.8, 4) is 0 Å². The largest absolute Gasteiger partial charge is 0.347 e. The first-order valence-electron chi connectivity index (χ1n) is 9.23. The normalized spacial score (nSPS) is 19.1. The lowest BCUT2D eigenvalue weighted by Crippen LogP contribution is -2.54. The first kappa shape index (κ1) is 20.9. The molecule has 0 bridgehead atoms. The van der Waals surface area contributed by atoms with E-state index in [9.17, 15) is 13.2 Å². The molecule has 6 nitrogen and oxygen atoms in total. The van der Waals surface area contributed by atoms with Crippen LogP contribution in [0.15, 0.2) is 29.2 Å². The van der Waals surface area contributed by atoms with Crippen LogP contribution in [0, 0.1) is 0 Å². The second-order valence-electron chi connectivity index (χ2n) is 7.23. The van der Waals surface area contributed by atoms with Gasteiger partial charge in [-0.1, -0.05) is 26.0 Å². The Hall–Kier alpha value is -1.44. The number of rotatable bonds is 6. The molecule has 2 atom stereocenters. The molecule has 0 aromatic heterocycles. The minimum atomic E-state index is -3.49. The van der Waals surface area contributed by atoms with E-state index in [2.05, 4.69) is 13.8 Å². The van der Waals surface area contributed by atoms with Gasteiger partial charge in [-0.15, -0.1) is 0 Å². The lowest BCUT2D eigenvalue weighted by Gasteiger charge is -2.37. The molecular formula is C19H31N3O3S. The van der Waals surface area contributed by atoms with E-state index in [1.54, 1.807) is 31.1 Å². The van der Waals surface area contributed by atoms with E-state index in [0.717, 1.165) is 12.0 Å². The molecule has 146 valence electrons. The Kier molecular flexibility index (Phi) is 6.82. The molecule has 1 amide bonds. The summed E-state index contributed by atoms with van der Waals surface area (Å²) in [7, 11) is -0.00822. The molecular weight excluding hydrogens is 350 g/mol. The van der Waals surface area contributed by atoms with Gasteiger partial charge in [0.2, 0.25) is 15.9 Å². The van der Waals surface area contributed by atoms with Crippen molar-refractivity contribution in [2.75, 3.05) is 40.3 Å². The molecule has 7 heteroatoms. The minimum Gasteiger partial charge on any atom is -0.347 e. The Morgan fingerprint density at radius 2 is 1.62 bits per heavy atom. The van der Waals surface area contributed by atoms with E-state index in [1.807, 2.05) is 24.0 Å². The molecule has 1 saturated heterocycles. The molecule has 1 heterocycles. The lowest BCUT2D eigenvalue weighted by molar-refractivity contribution is -0.134. The van der Waals surface area contributed by atoms with Crippen molar-refractivity contribution in [3.05, 3.63) is 29.8 Å². The third-order valence-corrected chi connectivity index (χ3v) is 7.23. The van der Waals surface area contributed by atoms with Gasteiger partial charge in [0.1, 0.15) is 0 Å². The smallest absolute Gasteiger partial charge is 0.243 e. The zero-order valence-electron chi connectivity index (χ0n) is 16.5. The van der Waals surface area contributed by atoms with Crippen LogP contribution >= 0.6 is 0 Å². The van der Waals surface area contributed by atoms with Crippen molar-refractivity contribution in [2.24, 2.45) is 0 Å². The summed E-state index contributed by atoms with van der Waals surface area (Å²) in [4.78, 5) is 16.1. The Balaban J connectivity index is 2.04. The second-order valence-corrected chi connectivity index (χ2v) is 9.16. The number of hydrogen-bond acceptors (Lipinski definition) is 4. The molecule has 0 N–H and O–H groups in total. The van der Waals surface area contributed by atoms with Crippen molar-refractivity contribution in [1.29, 1.82) is 0 Å². The number of nitrogens with zero attached hydrogens (tertiary/aromatic N) is 3. The van der Waals surface area contributed by atoms with E-state index < -0.39 is 10.0 Å². The van der Waals surface area contributed by atoms with Crippen LogP contribution in [0.4, 0.5) is 0 Å². The number of benzene rings is 1. The highest BCUT2D eigenvalue weighted by atomic mass is 32.2. The second kappa shape index (κ2) is 8.50. The maximum absolute atomic E-state index is 12.9. The van der Waals surface area contributed by atoms with Crippen molar-refractivity contribution in [2.45, 2.75) is 44.0 Å². The van der Waals surface area contributed by atoms with Crippen LogP contribution in [-0.2, 0) is 14.8 Å². The monoisotopic (exact) mass is 381 g/mol. The molecule has 1 aromatic rings. The Bertz CT molecular complexity index is 708. The van der Waals surface area contributed by atoms with Gasteiger partial charge in [-0.2, -0.15) is 4.31 Å². The minimum absolute atomic E-state index is 0.0435. The molecule has 0 unspecified atom stereocenters. The fourth-order valence-corrected chi connectivity index (χ4v) is 4.64. The SMILES string of the molecule is CC[C@@H](C)c1ccc(S(=O)(=O)N2CCN([C@H](C)C(=O)N(C)C)CC2)cc1. The molecule has 1 aliphatic rings. The summed E-state index contributed by atoms with van der Waals surface area (Å²) in [5, 5.41) is 0. The van der Waals surface area contributed by atoms with E-state index >= 15 is 0 Å². The first-order chi connectivity index (χ1) is 12.2. The fraction of sp³-hybridized carbons (Fsp3) is 0.632. The Morgan fingerprint density at radius 3 is 2.08 bits per heavy atom. The van der Waals surface area contributed by atoms with Crippen LogP contribution in [0.1, 0.15) is 38.7 Å². The molecule has 26 heavy (non-hydrogen) atoms. The summed E-state index contributed by atoms with van der Waals surface area (Å²) < 4.78 is 27.3. The summed E-state index contributed by atoms with van der Waals surface area (Å²) in [6.07, 6.45) is 1.03. The summed E-state index contributed by atoms with van der Waals surface area (Å²) >= 11 is 0. The predicted molar refractivity (Wildman–Crippen MR) is 104 cm³/mol. The number of carbonyl (C=O) groups excluding carboxylic acids is 1. The molecule has 0 spiro atoms. The van der Waals surface area contributed by atoms with Gasteiger partial charge in [0.15, 0.2) is 0 Å².